The molecule has 1 aliphatic heterocycles. The summed E-state index contributed by atoms with van der Waals surface area (Å²) in [5.41, 5.74) is 2.36. The largest absolute Gasteiger partial charge is 0.349 e. The first-order chi connectivity index (χ1) is 24.2. The summed E-state index contributed by atoms with van der Waals surface area (Å²) in [5.74, 6) is 0.382. The topological polar surface area (TPSA) is 218 Å². The lowest BCUT2D eigenvalue weighted by atomic mass is 9.92. The molecule has 3 heterocycles. The number of hydrogen-bond acceptors (Lipinski definition) is 11. The van der Waals surface area contributed by atoms with Crippen molar-refractivity contribution in [1.29, 1.82) is 21.0 Å². The number of nitrogens with zero attached hydrogens (tertiary/aromatic N) is 11. The monoisotopic (exact) mass is 669 g/mol. The summed E-state index contributed by atoms with van der Waals surface area (Å²) >= 11 is 0. The summed E-state index contributed by atoms with van der Waals surface area (Å²) in [6, 6.07) is 20.4. The standard InChI is InChI=1S/C18H18N6O.C17H17N7O/c1-12-14(9-20)5-6-15(12)10-21-18(25)17-22-11-24(23-17)16-4-2-3-13(7-16)8-19;1-12-14(5-6-23(12)10-19)9-20-17(25)16-21-11-24(22-16)15-4-2-3-13(7-15)8-18/h2-4,7,11-12,14-15H,5-6,10H2,1H3,(H,21,25);2-4,7,11-12,14H,5-6,9H2,1H3,(H,20,25)/t12-,14?,15-;12-,14-/m01/s1. The molecule has 2 aromatic carbocycles. The highest BCUT2D eigenvalue weighted by molar-refractivity contribution is 5.90. The van der Waals surface area contributed by atoms with Crippen LogP contribution in [0.25, 0.3) is 11.4 Å². The van der Waals surface area contributed by atoms with E-state index in [1.165, 1.54) is 22.0 Å². The molecule has 2 aromatic heterocycles. The summed E-state index contributed by atoms with van der Waals surface area (Å²) in [5, 5.41) is 50.0. The van der Waals surface area contributed by atoms with E-state index in [1.54, 1.807) is 53.4 Å². The Balaban J connectivity index is 0.000000194. The first kappa shape index (κ1) is 34.7. The van der Waals surface area contributed by atoms with Crippen LogP contribution in [0.1, 0.15) is 65.5 Å². The highest BCUT2D eigenvalue weighted by Crippen LogP contribution is 2.35. The van der Waals surface area contributed by atoms with Crippen molar-refractivity contribution in [3.63, 3.8) is 0 Å². The smallest absolute Gasteiger partial charge is 0.290 e. The van der Waals surface area contributed by atoms with E-state index in [2.05, 4.69) is 62.1 Å². The van der Waals surface area contributed by atoms with Gasteiger partial charge in [0.25, 0.3) is 11.8 Å². The van der Waals surface area contributed by atoms with Gasteiger partial charge in [-0.25, -0.2) is 19.3 Å². The average Bonchev–Trinajstić information content (AvgIpc) is 3.97. The van der Waals surface area contributed by atoms with Crippen molar-refractivity contribution >= 4 is 11.8 Å². The van der Waals surface area contributed by atoms with Crippen LogP contribution in [0.15, 0.2) is 61.2 Å². The average molecular weight is 670 g/mol. The molecule has 15 heteroatoms. The second-order valence-corrected chi connectivity index (χ2v) is 12.3. The van der Waals surface area contributed by atoms with Gasteiger partial charge in [0.15, 0.2) is 6.19 Å². The van der Waals surface area contributed by atoms with E-state index in [0.29, 0.717) is 41.5 Å². The third-order valence-electron chi connectivity index (χ3n) is 9.35. The molecular formula is C35H35N13O2. The van der Waals surface area contributed by atoms with Crippen molar-refractivity contribution in [3.05, 3.63) is 84.0 Å². The van der Waals surface area contributed by atoms with E-state index >= 15 is 0 Å². The third kappa shape index (κ3) is 8.10. The Kier molecular flexibility index (Phi) is 11.1. The second-order valence-electron chi connectivity index (χ2n) is 12.3. The number of nitrogens with one attached hydrogen (secondary N) is 2. The van der Waals surface area contributed by atoms with Crippen molar-refractivity contribution in [1.82, 2.24) is 45.1 Å². The minimum absolute atomic E-state index is 0.0742. The number of rotatable bonds is 8. The van der Waals surface area contributed by atoms with Crippen LogP contribution in [0.5, 0.6) is 0 Å². The normalized spacial score (nSPS) is 20.7. The van der Waals surface area contributed by atoms with Crippen molar-refractivity contribution in [3.8, 4) is 35.8 Å². The number of benzene rings is 2. The van der Waals surface area contributed by atoms with Gasteiger partial charge in [0.2, 0.25) is 11.6 Å². The molecule has 50 heavy (non-hydrogen) atoms. The van der Waals surface area contributed by atoms with Crippen LogP contribution in [0.4, 0.5) is 0 Å². The maximum atomic E-state index is 12.3. The van der Waals surface area contributed by atoms with E-state index in [1.807, 2.05) is 6.92 Å². The maximum Gasteiger partial charge on any atom is 0.290 e. The van der Waals surface area contributed by atoms with Crippen LogP contribution < -0.4 is 10.6 Å². The highest BCUT2D eigenvalue weighted by atomic mass is 16.2. The van der Waals surface area contributed by atoms with Gasteiger partial charge in [0, 0.05) is 31.6 Å². The number of carbonyl (C=O) groups is 2. The predicted octanol–water partition coefficient (Wildman–Crippen LogP) is 3.11. The van der Waals surface area contributed by atoms with Crippen molar-refractivity contribution in [2.45, 2.75) is 39.2 Å². The first-order valence-corrected chi connectivity index (χ1v) is 16.2. The van der Waals surface area contributed by atoms with Gasteiger partial charge in [0.1, 0.15) is 12.7 Å². The zero-order valence-corrected chi connectivity index (χ0v) is 27.6. The lowest BCUT2D eigenvalue weighted by Crippen LogP contribution is -2.35. The van der Waals surface area contributed by atoms with Gasteiger partial charge >= 0.3 is 0 Å². The SMILES string of the molecule is C[C@@H]1[C@@H](CNC(=O)c2ncn(-c3cccc(C#N)c3)n2)CCN1C#N.C[C@H]1C(C#N)CC[C@H]1CNC(=O)c1ncn(-c2cccc(C#N)c2)n1. The molecule has 0 bridgehead atoms. The predicted molar refractivity (Wildman–Crippen MR) is 178 cm³/mol. The Hall–Kier alpha value is -6.58. The molecule has 2 fully saturated rings. The minimum Gasteiger partial charge on any atom is -0.349 e. The molecule has 1 unspecified atom stereocenters. The van der Waals surface area contributed by atoms with Gasteiger partial charge in [-0.05, 0) is 80.3 Å². The van der Waals surface area contributed by atoms with Crippen LogP contribution in [0.3, 0.4) is 0 Å². The van der Waals surface area contributed by atoms with Gasteiger partial charge in [-0.3, -0.25) is 9.59 Å². The van der Waals surface area contributed by atoms with Gasteiger partial charge in [-0.15, -0.1) is 10.2 Å². The van der Waals surface area contributed by atoms with E-state index < -0.39 is 0 Å². The lowest BCUT2D eigenvalue weighted by molar-refractivity contribution is 0.0926. The number of hydrogen-bond donors (Lipinski definition) is 2. The molecule has 4 aromatic rings. The van der Waals surface area contributed by atoms with Crippen molar-refractivity contribution < 1.29 is 9.59 Å². The van der Waals surface area contributed by atoms with E-state index in [-0.39, 0.29) is 47.3 Å². The van der Waals surface area contributed by atoms with Crippen LogP contribution >= 0.6 is 0 Å². The van der Waals surface area contributed by atoms with Gasteiger partial charge in [-0.1, -0.05) is 19.1 Å². The molecule has 1 saturated carbocycles. The molecule has 2 amide bonds. The lowest BCUT2D eigenvalue weighted by Gasteiger charge is -2.19. The number of carbonyl (C=O) groups excluding carboxylic acids is 2. The fraction of sp³-hybridized carbons (Fsp3) is 0.371. The number of nitriles is 4. The molecule has 2 aliphatic rings. The molecule has 1 saturated heterocycles. The molecule has 15 nitrogen and oxygen atoms in total. The molecule has 5 atom stereocenters. The minimum atomic E-state index is -0.349. The van der Waals surface area contributed by atoms with Crippen molar-refractivity contribution in [2.24, 2.45) is 23.7 Å². The van der Waals surface area contributed by atoms with Gasteiger partial charge < -0.3 is 15.5 Å². The van der Waals surface area contributed by atoms with Crippen LogP contribution in [0.2, 0.25) is 0 Å². The zero-order chi connectivity index (χ0) is 35.6. The van der Waals surface area contributed by atoms with Crippen molar-refractivity contribution in [2.75, 3.05) is 19.6 Å². The summed E-state index contributed by atoms with van der Waals surface area (Å²) in [4.78, 5) is 34.3. The molecule has 252 valence electrons. The summed E-state index contributed by atoms with van der Waals surface area (Å²) in [6.07, 6.45) is 7.77. The molecule has 0 spiro atoms. The number of likely N-dealkylation sites (tertiary alicyclic amines) is 1. The van der Waals surface area contributed by atoms with Gasteiger partial charge in [0.05, 0.1) is 40.7 Å². The molecule has 2 N–H and O–H groups in total. The van der Waals surface area contributed by atoms with Crippen LogP contribution in [-0.2, 0) is 0 Å². The second kappa shape index (κ2) is 16.0. The third-order valence-corrected chi connectivity index (χ3v) is 9.35. The summed E-state index contributed by atoms with van der Waals surface area (Å²) in [6.45, 7) is 5.78. The fourth-order valence-corrected chi connectivity index (χ4v) is 6.16. The Labute approximate surface area is 289 Å². The first-order valence-electron chi connectivity index (χ1n) is 16.2. The number of aromatic nitrogens is 6. The zero-order valence-electron chi connectivity index (χ0n) is 27.6. The molecule has 1 aliphatic carbocycles. The fourth-order valence-electron chi connectivity index (χ4n) is 6.16. The Morgan fingerprint density at radius 3 is 1.78 bits per heavy atom. The highest BCUT2D eigenvalue weighted by Gasteiger charge is 2.33. The van der Waals surface area contributed by atoms with Crippen LogP contribution in [0, 0.1) is 69.1 Å². The van der Waals surface area contributed by atoms with Gasteiger partial charge in [-0.2, -0.15) is 21.0 Å². The molecule has 6 rings (SSSR count). The molecular weight excluding hydrogens is 634 g/mol. The van der Waals surface area contributed by atoms with E-state index in [4.69, 9.17) is 21.0 Å². The van der Waals surface area contributed by atoms with Crippen LogP contribution in [-0.4, -0.2) is 71.9 Å². The summed E-state index contributed by atoms with van der Waals surface area (Å²) in [7, 11) is 0. The quantitative estimate of drug-likeness (QED) is 0.260. The summed E-state index contributed by atoms with van der Waals surface area (Å²) < 4.78 is 2.94. The van der Waals surface area contributed by atoms with E-state index in [9.17, 15) is 9.59 Å². The van der Waals surface area contributed by atoms with E-state index in [0.717, 1.165) is 25.8 Å². The maximum absolute atomic E-state index is 12.3. The Morgan fingerprint density at radius 2 is 1.32 bits per heavy atom. The Bertz CT molecular complexity index is 1860. The number of amides is 2. The Morgan fingerprint density at radius 1 is 0.780 bits per heavy atom. The molecule has 0 radical (unpaired) electrons.